The second kappa shape index (κ2) is 4.56. The molecular formula is C13H11FN4O. The number of hydrogen-bond acceptors (Lipinski definition) is 4. The maximum absolute atomic E-state index is 13.4. The lowest BCUT2D eigenvalue weighted by Gasteiger charge is -2.03. The molecule has 2 aromatic heterocycles. The monoisotopic (exact) mass is 258 g/mol. The Morgan fingerprint density at radius 3 is 2.95 bits per heavy atom. The molecule has 0 fully saturated rings. The van der Waals surface area contributed by atoms with Crippen LogP contribution in [0.15, 0.2) is 42.6 Å². The first-order valence-electron chi connectivity index (χ1n) is 5.70. The van der Waals surface area contributed by atoms with Crippen LogP contribution in [0.2, 0.25) is 0 Å². The molecule has 0 saturated carbocycles. The average molecular weight is 258 g/mol. The summed E-state index contributed by atoms with van der Waals surface area (Å²) >= 11 is 0. The van der Waals surface area contributed by atoms with Crippen LogP contribution >= 0.6 is 0 Å². The fraction of sp³-hybridized carbons (Fsp3) is 0.0769. The lowest BCUT2D eigenvalue weighted by molar-refractivity contribution is 0.281. The summed E-state index contributed by atoms with van der Waals surface area (Å²) in [5.74, 6) is 0.241. The predicted molar refractivity (Wildman–Crippen MR) is 68.1 cm³/mol. The standard InChI is InChI=1S/C13H11FN4O/c14-10-3-1-2-4-11(10)19-8-12-16-13-7-9(15)5-6-18(13)17-12/h1-7H,8,15H2. The van der Waals surface area contributed by atoms with Crippen LogP contribution in [0.4, 0.5) is 10.1 Å². The summed E-state index contributed by atoms with van der Waals surface area (Å²) < 4.78 is 20.3. The predicted octanol–water partition coefficient (Wildman–Crippen LogP) is 2.03. The van der Waals surface area contributed by atoms with Crippen LogP contribution in [0, 0.1) is 5.82 Å². The Bertz CT molecular complexity index is 725. The molecule has 0 unspecified atom stereocenters. The minimum absolute atomic E-state index is 0.0997. The number of aromatic nitrogens is 3. The summed E-state index contributed by atoms with van der Waals surface area (Å²) in [5, 5.41) is 4.20. The number of pyridine rings is 1. The van der Waals surface area contributed by atoms with Crippen LogP contribution in [0.1, 0.15) is 5.82 Å². The number of rotatable bonds is 3. The van der Waals surface area contributed by atoms with Gasteiger partial charge in [0, 0.05) is 18.0 Å². The van der Waals surface area contributed by atoms with Crippen molar-refractivity contribution in [2.75, 3.05) is 5.73 Å². The summed E-state index contributed by atoms with van der Waals surface area (Å²) in [6.07, 6.45) is 1.71. The lowest BCUT2D eigenvalue weighted by atomic mass is 10.3. The zero-order chi connectivity index (χ0) is 13.2. The van der Waals surface area contributed by atoms with E-state index >= 15 is 0 Å². The molecule has 0 amide bonds. The highest BCUT2D eigenvalue weighted by atomic mass is 19.1. The second-order valence-electron chi connectivity index (χ2n) is 4.01. The molecule has 2 heterocycles. The van der Waals surface area contributed by atoms with E-state index in [0.717, 1.165) is 0 Å². The number of nitrogens with two attached hydrogens (primary N) is 1. The molecule has 6 heteroatoms. The third-order valence-corrected chi connectivity index (χ3v) is 2.60. The molecular weight excluding hydrogens is 247 g/mol. The van der Waals surface area contributed by atoms with Gasteiger partial charge in [-0.25, -0.2) is 13.9 Å². The third-order valence-electron chi connectivity index (χ3n) is 2.60. The molecule has 96 valence electrons. The average Bonchev–Trinajstić information content (AvgIpc) is 2.79. The molecule has 1 aromatic carbocycles. The number of anilines is 1. The van der Waals surface area contributed by atoms with Crippen molar-refractivity contribution in [3.8, 4) is 5.75 Å². The van der Waals surface area contributed by atoms with Crippen molar-refractivity contribution in [1.82, 2.24) is 14.6 Å². The van der Waals surface area contributed by atoms with E-state index in [4.69, 9.17) is 10.5 Å². The van der Waals surface area contributed by atoms with Crippen LogP contribution in [0.5, 0.6) is 5.75 Å². The Kier molecular flexibility index (Phi) is 2.75. The number of para-hydroxylation sites is 1. The van der Waals surface area contributed by atoms with Crippen LogP contribution in [-0.2, 0) is 6.61 Å². The number of benzene rings is 1. The molecule has 0 radical (unpaired) electrons. The van der Waals surface area contributed by atoms with E-state index in [1.807, 2.05) is 0 Å². The van der Waals surface area contributed by atoms with E-state index in [-0.39, 0.29) is 12.4 Å². The van der Waals surface area contributed by atoms with E-state index < -0.39 is 5.82 Å². The van der Waals surface area contributed by atoms with E-state index in [1.165, 1.54) is 6.07 Å². The zero-order valence-electron chi connectivity index (χ0n) is 9.95. The normalized spacial score (nSPS) is 10.8. The van der Waals surface area contributed by atoms with Gasteiger partial charge in [-0.1, -0.05) is 12.1 Å². The SMILES string of the molecule is Nc1ccn2nc(COc3ccccc3F)nc2c1. The first kappa shape index (κ1) is 11.5. The van der Waals surface area contributed by atoms with Gasteiger partial charge in [0.2, 0.25) is 0 Å². The molecule has 0 spiro atoms. The molecule has 3 aromatic rings. The Morgan fingerprint density at radius 1 is 1.26 bits per heavy atom. The number of ether oxygens (including phenoxy) is 1. The number of hydrogen-bond donors (Lipinski definition) is 1. The van der Waals surface area contributed by atoms with Gasteiger partial charge in [-0.05, 0) is 18.2 Å². The smallest absolute Gasteiger partial charge is 0.189 e. The van der Waals surface area contributed by atoms with Gasteiger partial charge in [0.25, 0.3) is 0 Å². The summed E-state index contributed by atoms with van der Waals surface area (Å²) in [6.45, 7) is 0.0997. The van der Waals surface area contributed by atoms with Crippen LogP contribution in [0.25, 0.3) is 5.65 Å². The van der Waals surface area contributed by atoms with Gasteiger partial charge < -0.3 is 10.5 Å². The van der Waals surface area contributed by atoms with Gasteiger partial charge in [-0.15, -0.1) is 5.10 Å². The fourth-order valence-electron chi connectivity index (χ4n) is 1.71. The summed E-state index contributed by atoms with van der Waals surface area (Å²) in [6, 6.07) is 9.64. The molecule has 0 aliphatic rings. The largest absolute Gasteiger partial charge is 0.482 e. The van der Waals surface area contributed by atoms with Gasteiger partial charge in [-0.2, -0.15) is 0 Å². The van der Waals surface area contributed by atoms with E-state index in [0.29, 0.717) is 17.2 Å². The first-order valence-corrected chi connectivity index (χ1v) is 5.70. The summed E-state index contributed by atoms with van der Waals surface area (Å²) in [7, 11) is 0. The van der Waals surface area contributed by atoms with Gasteiger partial charge >= 0.3 is 0 Å². The van der Waals surface area contributed by atoms with Gasteiger partial charge in [0.15, 0.2) is 23.0 Å². The third kappa shape index (κ3) is 2.33. The van der Waals surface area contributed by atoms with Crippen molar-refractivity contribution in [3.05, 3.63) is 54.2 Å². The molecule has 0 bridgehead atoms. The Hall–Kier alpha value is -2.63. The molecule has 0 saturated heterocycles. The summed E-state index contributed by atoms with van der Waals surface area (Å²) in [5.41, 5.74) is 6.90. The topological polar surface area (TPSA) is 65.4 Å². The van der Waals surface area contributed by atoms with E-state index in [1.54, 1.807) is 41.0 Å². The number of halogens is 1. The fourth-order valence-corrected chi connectivity index (χ4v) is 1.71. The molecule has 5 nitrogen and oxygen atoms in total. The number of nitrogens with zero attached hydrogens (tertiary/aromatic N) is 3. The number of nitrogen functional groups attached to an aromatic ring is 1. The highest BCUT2D eigenvalue weighted by Gasteiger charge is 2.06. The minimum Gasteiger partial charge on any atom is -0.482 e. The molecule has 19 heavy (non-hydrogen) atoms. The van der Waals surface area contributed by atoms with Gasteiger partial charge in [0.05, 0.1) is 0 Å². The Labute approximate surface area is 108 Å². The van der Waals surface area contributed by atoms with Crippen molar-refractivity contribution in [3.63, 3.8) is 0 Å². The summed E-state index contributed by atoms with van der Waals surface area (Å²) in [4.78, 5) is 4.24. The van der Waals surface area contributed by atoms with Gasteiger partial charge in [0.1, 0.15) is 6.61 Å². The molecule has 3 rings (SSSR count). The lowest BCUT2D eigenvalue weighted by Crippen LogP contribution is -1.99. The quantitative estimate of drug-likeness (QED) is 0.780. The molecule has 2 N–H and O–H groups in total. The van der Waals surface area contributed by atoms with E-state index in [9.17, 15) is 4.39 Å². The highest BCUT2D eigenvalue weighted by Crippen LogP contribution is 2.16. The zero-order valence-corrected chi connectivity index (χ0v) is 9.95. The van der Waals surface area contributed by atoms with Crippen molar-refractivity contribution >= 4 is 11.3 Å². The molecule has 0 atom stereocenters. The van der Waals surface area contributed by atoms with Crippen LogP contribution in [0.3, 0.4) is 0 Å². The van der Waals surface area contributed by atoms with Crippen molar-refractivity contribution in [2.45, 2.75) is 6.61 Å². The minimum atomic E-state index is -0.407. The van der Waals surface area contributed by atoms with E-state index in [2.05, 4.69) is 10.1 Å². The van der Waals surface area contributed by atoms with Crippen LogP contribution in [-0.4, -0.2) is 14.6 Å². The second-order valence-corrected chi connectivity index (χ2v) is 4.01. The maximum atomic E-state index is 13.4. The van der Waals surface area contributed by atoms with Crippen molar-refractivity contribution in [1.29, 1.82) is 0 Å². The maximum Gasteiger partial charge on any atom is 0.189 e. The molecule has 0 aliphatic heterocycles. The Morgan fingerprint density at radius 2 is 2.11 bits per heavy atom. The van der Waals surface area contributed by atoms with Gasteiger partial charge in [-0.3, -0.25) is 0 Å². The van der Waals surface area contributed by atoms with Crippen LogP contribution < -0.4 is 10.5 Å². The van der Waals surface area contributed by atoms with Crippen molar-refractivity contribution < 1.29 is 9.13 Å². The molecule has 0 aliphatic carbocycles. The van der Waals surface area contributed by atoms with Crippen molar-refractivity contribution in [2.24, 2.45) is 0 Å². The highest BCUT2D eigenvalue weighted by molar-refractivity contribution is 5.50. The first-order chi connectivity index (χ1) is 9.22. The Balaban J connectivity index is 1.80. The number of fused-ring (bicyclic) bond motifs is 1.